The molecular formula is C32H55B5O19P2S. The molecule has 0 spiro atoms. The smallest absolute Gasteiger partial charge is 0.780 e. The molecule has 18 atom stereocenters. The molecule has 0 aromatic rings. The molecule has 0 N–H and O–H groups in total. The van der Waals surface area contributed by atoms with E-state index < -0.39 is 86.8 Å². The molecule has 2 bridgehead atoms. The molecule has 0 amide bonds. The molecule has 0 aromatic carbocycles. The van der Waals surface area contributed by atoms with Crippen molar-refractivity contribution in [3.05, 3.63) is 0 Å². The highest BCUT2D eigenvalue weighted by molar-refractivity contribution is 8.06. The van der Waals surface area contributed by atoms with Crippen LogP contribution in [0.2, 0.25) is 0 Å². The number of ether oxygens (including phenoxy) is 12. The topological polar surface area (TPSA) is 211 Å². The Balaban J connectivity index is 0.000000321. The number of rotatable bonds is 19. The van der Waals surface area contributed by atoms with E-state index in [1.807, 2.05) is 0 Å². The van der Waals surface area contributed by atoms with Gasteiger partial charge in [-0.1, -0.05) is 11.8 Å². The van der Waals surface area contributed by atoms with E-state index in [1.54, 1.807) is 21.3 Å². The fourth-order valence-corrected chi connectivity index (χ4v) is 9.91. The van der Waals surface area contributed by atoms with Crippen molar-refractivity contribution in [1.82, 2.24) is 0 Å². The van der Waals surface area contributed by atoms with Crippen molar-refractivity contribution in [2.24, 2.45) is 0 Å². The molecule has 59 heavy (non-hydrogen) atoms. The summed E-state index contributed by atoms with van der Waals surface area (Å²) in [6.45, 7) is -2.60. The quantitative estimate of drug-likeness (QED) is 0.0997. The lowest BCUT2D eigenvalue weighted by molar-refractivity contribution is -0.234. The third-order valence-electron chi connectivity index (χ3n) is 10.2. The van der Waals surface area contributed by atoms with Gasteiger partial charge in [-0.25, -0.2) is 0 Å². The molecule has 6 aliphatic heterocycles. The van der Waals surface area contributed by atoms with Gasteiger partial charge in [0.25, 0.3) is 7.82 Å². The van der Waals surface area contributed by atoms with Crippen LogP contribution < -0.4 is 9.79 Å². The van der Waals surface area contributed by atoms with Gasteiger partial charge in [-0.05, 0) is 25.7 Å². The maximum atomic E-state index is 12.4. The van der Waals surface area contributed by atoms with Crippen LogP contribution in [0.25, 0.3) is 0 Å². The predicted molar refractivity (Wildman–Crippen MR) is 213 cm³/mol. The summed E-state index contributed by atoms with van der Waals surface area (Å²) in [7, 11) is 33.2. The molecule has 6 fully saturated rings. The van der Waals surface area contributed by atoms with Gasteiger partial charge in [-0.3, -0.25) is 4.57 Å². The third kappa shape index (κ3) is 15.0. The Morgan fingerprint density at radius 2 is 1.08 bits per heavy atom. The molecule has 10 radical (unpaired) electrons. The molecule has 3 unspecified atom stereocenters. The molecule has 328 valence electrons. The second-order valence-electron chi connectivity index (χ2n) is 14.5. The highest BCUT2D eigenvalue weighted by atomic mass is 32.5. The second kappa shape index (κ2) is 24.1. The van der Waals surface area contributed by atoms with Gasteiger partial charge in [-0.15, -0.1) is 0 Å². The lowest BCUT2D eigenvalue weighted by Crippen LogP contribution is -2.45. The number of fused-ring (bicyclic) bond motifs is 2. The lowest BCUT2D eigenvalue weighted by Gasteiger charge is -2.33. The minimum Gasteiger partial charge on any atom is -0.780 e. The van der Waals surface area contributed by atoms with Crippen LogP contribution in [-0.4, -0.2) is 218 Å². The van der Waals surface area contributed by atoms with Crippen molar-refractivity contribution in [2.45, 2.75) is 122 Å². The Morgan fingerprint density at radius 1 is 0.644 bits per heavy atom. The van der Waals surface area contributed by atoms with E-state index in [0.29, 0.717) is 32.5 Å². The van der Waals surface area contributed by atoms with Crippen molar-refractivity contribution in [3.63, 3.8) is 0 Å². The molecule has 0 saturated carbocycles. The van der Waals surface area contributed by atoms with Crippen molar-refractivity contribution in [1.29, 1.82) is 0 Å². The first-order valence-corrected chi connectivity index (χ1v) is 23.0. The molecule has 0 aliphatic carbocycles. The second-order valence-corrected chi connectivity index (χ2v) is 18.6. The minimum atomic E-state index is -4.56. The number of hydrogen-bond donors (Lipinski definition) is 0. The molecule has 27 heteroatoms. The van der Waals surface area contributed by atoms with Gasteiger partial charge < -0.3 is 84.7 Å². The Kier molecular flexibility index (Phi) is 21.3. The number of hydrogen-bond acceptors (Lipinski definition) is 20. The first-order valence-electron chi connectivity index (χ1n) is 18.9. The molecule has 19 nitrogen and oxygen atoms in total. The normalized spacial score (nSPS) is 42.1. The highest BCUT2D eigenvalue weighted by Crippen LogP contribution is 2.46. The average molecular weight is 892 g/mol. The van der Waals surface area contributed by atoms with Gasteiger partial charge in [0.15, 0.2) is 0 Å². The minimum absolute atomic E-state index is 0. The Bertz CT molecular complexity index is 1300. The van der Waals surface area contributed by atoms with E-state index in [2.05, 4.69) is 0 Å². The monoisotopic (exact) mass is 892 g/mol. The molecule has 6 heterocycles. The summed E-state index contributed by atoms with van der Waals surface area (Å²) < 4.78 is 96.1. The fourth-order valence-electron chi connectivity index (χ4n) is 7.51. The van der Waals surface area contributed by atoms with Crippen LogP contribution in [-0.2, 0) is 91.3 Å². The van der Waals surface area contributed by atoms with Gasteiger partial charge in [0.05, 0.1) is 64.1 Å². The van der Waals surface area contributed by atoms with Crippen molar-refractivity contribution < 1.29 is 92.1 Å². The zero-order chi connectivity index (χ0) is 43.5. The molecule has 6 saturated heterocycles. The van der Waals surface area contributed by atoms with E-state index in [-0.39, 0.29) is 60.1 Å². The molecule has 6 aliphatic rings. The Morgan fingerprint density at radius 3 is 1.51 bits per heavy atom. The Labute approximate surface area is 361 Å². The van der Waals surface area contributed by atoms with Crippen LogP contribution in [0.3, 0.4) is 0 Å². The average Bonchev–Trinajstić information content (AvgIpc) is 4.01. The van der Waals surface area contributed by atoms with Gasteiger partial charge >= 0.3 is 2.85 Å². The van der Waals surface area contributed by atoms with Gasteiger partial charge in [0, 0.05) is 72.7 Å². The number of methoxy groups -OCH3 is 6. The van der Waals surface area contributed by atoms with E-state index in [4.69, 9.17) is 126 Å². The molecule has 6 rings (SSSR count). The highest BCUT2D eigenvalue weighted by Gasteiger charge is 2.60. The standard InChI is InChI=1S/C12H21B2O8P.C12H21B2O7PS.C8H13BO4/c1-17-5-9-8(4-12(14)20-9)22-23(15,16)19-6-10-7(18-2)3-11(13)21-10;1-16-5-9-8(4-12(14)19-9)21-22(15,23)18-6-10-7(17-2)3-11(13)20-10;1-10-3-8-4-12-5(6(8)11-2)7(9)13-8/h7-12H,3-6H2,1-2H3,(H,15,16);7-12H,3-6H2,1-2H3,(H,15,23);5-7H,3-4H2,1-2H3/t7-,8-,9-,10-,11-,12-;7-,8-,9-,10-,11-,12-,22?;5?,6-,7-,8+/m111/s1. The van der Waals surface area contributed by atoms with Gasteiger partial charge in [0.1, 0.15) is 88.2 Å². The van der Waals surface area contributed by atoms with Crippen LogP contribution in [0.5, 0.6) is 0 Å². The van der Waals surface area contributed by atoms with E-state index in [9.17, 15) is 14.4 Å². The lowest BCUT2D eigenvalue weighted by atomic mass is 9.92. The van der Waals surface area contributed by atoms with Crippen LogP contribution in [0.15, 0.2) is 0 Å². The van der Waals surface area contributed by atoms with Crippen molar-refractivity contribution in [2.75, 3.05) is 82.3 Å². The van der Waals surface area contributed by atoms with Crippen molar-refractivity contribution in [3.8, 4) is 0 Å². The summed E-state index contributed by atoms with van der Waals surface area (Å²) in [5.74, 6) is 0. The van der Waals surface area contributed by atoms with Crippen molar-refractivity contribution >= 4 is 65.6 Å². The first kappa shape index (κ1) is 52.1. The fraction of sp³-hybridized carbons (Fsp3) is 1.00. The third-order valence-corrected chi connectivity index (χ3v) is 12.7. The number of phosphoric acid groups is 1. The summed E-state index contributed by atoms with van der Waals surface area (Å²) in [6, 6.07) is -2.45. The maximum Gasteiger partial charge on any atom is 1.00 e. The maximum absolute atomic E-state index is 12.4. The summed E-state index contributed by atoms with van der Waals surface area (Å²) in [5, 5.41) is 0. The van der Waals surface area contributed by atoms with Crippen LogP contribution in [0.1, 0.15) is 28.5 Å². The van der Waals surface area contributed by atoms with Crippen LogP contribution in [0, 0.1) is 0 Å². The summed E-state index contributed by atoms with van der Waals surface area (Å²) >= 11 is 4.94. The molecule has 0 aromatic heterocycles. The van der Waals surface area contributed by atoms with E-state index >= 15 is 0 Å². The largest absolute Gasteiger partial charge is 1.00 e. The molecular weight excluding hydrogens is 836 g/mol. The summed E-state index contributed by atoms with van der Waals surface area (Å²) in [6.07, 6.45) is -2.52. The zero-order valence-electron chi connectivity index (χ0n) is 36.2. The van der Waals surface area contributed by atoms with Gasteiger partial charge in [-0.2, -0.15) is 0 Å². The number of phosphoric ester groups is 1. The first-order chi connectivity index (χ1) is 27.9. The van der Waals surface area contributed by atoms with Crippen LogP contribution in [0.4, 0.5) is 0 Å². The summed E-state index contributed by atoms with van der Waals surface area (Å²) in [5.41, 5.74) is -0.492. The summed E-state index contributed by atoms with van der Waals surface area (Å²) in [4.78, 5) is 24.4. The zero-order valence-corrected chi connectivity index (χ0v) is 36.8. The van der Waals surface area contributed by atoms with E-state index in [1.165, 1.54) is 21.3 Å². The van der Waals surface area contributed by atoms with E-state index in [0.717, 1.165) is 0 Å². The Hall–Kier alpha value is 0.485. The predicted octanol–water partition coefficient (Wildman–Crippen LogP) is -2.18. The van der Waals surface area contributed by atoms with Gasteiger partial charge in [0.2, 0.25) is 0 Å². The van der Waals surface area contributed by atoms with Crippen LogP contribution >= 0.6 is 14.5 Å². The SMILES string of the molecule is [B][C@@H]1O[C@@]2(COC)COC1[C@H]2OC.[B][C@H]1C[C@@H](OC)[C@@H](COP(=O)([O-])O[C@@H]2C[C@H]([B])O[C@@H]2COC)O1.[B][C@H]1C[C@@H](OC)[C@@H](COP([O-])(=S)O[C@@H]2C[C@H]([B])O[C@@H]2COC)O1.[H+].[H+].